The Hall–Kier alpha value is -2.30. The quantitative estimate of drug-likeness (QED) is 0.813. The van der Waals surface area contributed by atoms with Crippen LogP contribution in [0.25, 0.3) is 0 Å². The fourth-order valence-corrected chi connectivity index (χ4v) is 2.09. The molecule has 0 unspecified atom stereocenters. The lowest BCUT2D eigenvalue weighted by Crippen LogP contribution is -2.36. The molecule has 0 aromatic carbocycles. The second-order valence-electron chi connectivity index (χ2n) is 5.12. The number of aryl methyl sites for hydroxylation is 1. The summed E-state index contributed by atoms with van der Waals surface area (Å²) in [5, 5.41) is 0. The standard InChI is InChI=1S/C16H20N4O/c1-13(10-15-12-18-8-9-19-15)20(2)16(21)6-5-14-4-3-7-17-11-14/h3-4,7-9,11-13H,5-6,10H2,1-2H3/t13-/m1/s1. The van der Waals surface area contributed by atoms with Crippen molar-refractivity contribution in [2.24, 2.45) is 0 Å². The largest absolute Gasteiger partial charge is 0.343 e. The summed E-state index contributed by atoms with van der Waals surface area (Å²) in [6.45, 7) is 2.02. The van der Waals surface area contributed by atoms with Crippen molar-refractivity contribution in [1.82, 2.24) is 19.9 Å². The van der Waals surface area contributed by atoms with E-state index in [2.05, 4.69) is 15.0 Å². The van der Waals surface area contributed by atoms with E-state index in [1.807, 2.05) is 26.1 Å². The molecular weight excluding hydrogens is 264 g/mol. The molecule has 0 aliphatic carbocycles. The number of aromatic nitrogens is 3. The normalized spacial score (nSPS) is 11.9. The van der Waals surface area contributed by atoms with E-state index in [-0.39, 0.29) is 11.9 Å². The van der Waals surface area contributed by atoms with Crippen molar-refractivity contribution in [2.45, 2.75) is 32.2 Å². The third-order valence-electron chi connectivity index (χ3n) is 3.53. The molecule has 0 saturated carbocycles. The van der Waals surface area contributed by atoms with Gasteiger partial charge in [0.25, 0.3) is 0 Å². The third kappa shape index (κ3) is 4.63. The van der Waals surface area contributed by atoms with Crippen LogP contribution in [-0.4, -0.2) is 38.8 Å². The Kier molecular flexibility index (Phi) is 5.37. The van der Waals surface area contributed by atoms with Crippen molar-refractivity contribution in [2.75, 3.05) is 7.05 Å². The highest BCUT2D eigenvalue weighted by atomic mass is 16.2. The van der Waals surface area contributed by atoms with Gasteiger partial charge in [0, 0.05) is 56.9 Å². The molecule has 0 saturated heterocycles. The molecule has 21 heavy (non-hydrogen) atoms. The Bertz CT molecular complexity index is 559. The van der Waals surface area contributed by atoms with E-state index in [9.17, 15) is 4.79 Å². The number of likely N-dealkylation sites (N-methyl/N-ethyl adjacent to an activating group) is 1. The molecule has 0 bridgehead atoms. The molecule has 0 spiro atoms. The lowest BCUT2D eigenvalue weighted by Gasteiger charge is -2.24. The SMILES string of the molecule is C[C@H](Cc1cnccn1)N(C)C(=O)CCc1cccnc1. The number of pyridine rings is 1. The summed E-state index contributed by atoms with van der Waals surface area (Å²) < 4.78 is 0. The summed E-state index contributed by atoms with van der Waals surface area (Å²) in [7, 11) is 1.84. The van der Waals surface area contributed by atoms with Gasteiger partial charge in [0.05, 0.1) is 5.69 Å². The smallest absolute Gasteiger partial charge is 0.222 e. The first kappa shape index (κ1) is 15.1. The molecule has 5 nitrogen and oxygen atoms in total. The van der Waals surface area contributed by atoms with Crippen LogP contribution in [0.5, 0.6) is 0 Å². The number of nitrogens with zero attached hydrogens (tertiary/aromatic N) is 4. The van der Waals surface area contributed by atoms with Crippen LogP contribution < -0.4 is 0 Å². The molecule has 0 aliphatic heterocycles. The maximum absolute atomic E-state index is 12.2. The van der Waals surface area contributed by atoms with Crippen molar-refractivity contribution < 1.29 is 4.79 Å². The first-order chi connectivity index (χ1) is 10.2. The Labute approximate surface area is 125 Å². The fourth-order valence-electron chi connectivity index (χ4n) is 2.09. The third-order valence-corrected chi connectivity index (χ3v) is 3.53. The Morgan fingerprint density at radius 3 is 2.71 bits per heavy atom. The molecule has 0 aliphatic rings. The van der Waals surface area contributed by atoms with Crippen molar-refractivity contribution in [3.8, 4) is 0 Å². The molecule has 5 heteroatoms. The average Bonchev–Trinajstić information content (AvgIpc) is 2.53. The number of rotatable bonds is 6. The van der Waals surface area contributed by atoms with E-state index in [1.54, 1.807) is 35.9 Å². The van der Waals surface area contributed by atoms with Gasteiger partial charge in [-0.1, -0.05) is 6.07 Å². The van der Waals surface area contributed by atoms with Gasteiger partial charge in [0.15, 0.2) is 0 Å². The first-order valence-corrected chi connectivity index (χ1v) is 7.06. The molecule has 2 heterocycles. The molecule has 1 atom stereocenters. The van der Waals surface area contributed by atoms with Crippen LogP contribution in [0.3, 0.4) is 0 Å². The Balaban J connectivity index is 1.84. The zero-order valence-corrected chi connectivity index (χ0v) is 12.4. The summed E-state index contributed by atoms with van der Waals surface area (Å²) >= 11 is 0. The molecule has 110 valence electrons. The minimum atomic E-state index is 0.100. The number of carbonyl (C=O) groups excluding carboxylic acids is 1. The molecule has 2 aromatic rings. The summed E-state index contributed by atoms with van der Waals surface area (Å²) in [4.78, 5) is 26.3. The highest BCUT2D eigenvalue weighted by molar-refractivity contribution is 5.76. The van der Waals surface area contributed by atoms with Gasteiger partial charge in [-0.3, -0.25) is 19.7 Å². The van der Waals surface area contributed by atoms with Gasteiger partial charge in [0.2, 0.25) is 5.91 Å². The Morgan fingerprint density at radius 1 is 1.24 bits per heavy atom. The van der Waals surface area contributed by atoms with Gasteiger partial charge in [-0.25, -0.2) is 0 Å². The lowest BCUT2D eigenvalue weighted by molar-refractivity contribution is -0.131. The van der Waals surface area contributed by atoms with Crippen molar-refractivity contribution in [3.63, 3.8) is 0 Å². The zero-order chi connectivity index (χ0) is 15.1. The molecule has 0 N–H and O–H groups in total. The van der Waals surface area contributed by atoms with Crippen LogP contribution in [0.2, 0.25) is 0 Å². The van der Waals surface area contributed by atoms with E-state index in [0.29, 0.717) is 12.8 Å². The second kappa shape index (κ2) is 7.47. The van der Waals surface area contributed by atoms with E-state index >= 15 is 0 Å². The lowest BCUT2D eigenvalue weighted by atomic mass is 10.1. The summed E-state index contributed by atoms with van der Waals surface area (Å²) in [6.07, 6.45) is 10.5. The van der Waals surface area contributed by atoms with Gasteiger partial charge in [-0.05, 0) is 25.0 Å². The molecule has 2 aromatic heterocycles. The number of hydrogen-bond acceptors (Lipinski definition) is 4. The van der Waals surface area contributed by atoms with E-state index in [0.717, 1.165) is 17.7 Å². The van der Waals surface area contributed by atoms with Gasteiger partial charge < -0.3 is 4.90 Å². The minimum Gasteiger partial charge on any atom is -0.343 e. The van der Waals surface area contributed by atoms with E-state index in [1.165, 1.54) is 0 Å². The summed E-state index contributed by atoms with van der Waals surface area (Å²) in [5.74, 6) is 0.134. The predicted molar refractivity (Wildman–Crippen MR) is 80.5 cm³/mol. The van der Waals surface area contributed by atoms with Crippen LogP contribution in [0.15, 0.2) is 43.1 Å². The summed E-state index contributed by atoms with van der Waals surface area (Å²) in [5.41, 5.74) is 1.98. The Morgan fingerprint density at radius 2 is 2.05 bits per heavy atom. The van der Waals surface area contributed by atoms with Gasteiger partial charge in [-0.2, -0.15) is 0 Å². The highest BCUT2D eigenvalue weighted by Gasteiger charge is 2.16. The minimum absolute atomic E-state index is 0.100. The number of amides is 1. The van der Waals surface area contributed by atoms with Crippen LogP contribution in [-0.2, 0) is 17.6 Å². The van der Waals surface area contributed by atoms with Crippen molar-refractivity contribution >= 4 is 5.91 Å². The molecule has 0 radical (unpaired) electrons. The predicted octanol–water partition coefficient (Wildman–Crippen LogP) is 1.89. The number of carbonyl (C=O) groups is 1. The maximum Gasteiger partial charge on any atom is 0.222 e. The van der Waals surface area contributed by atoms with Crippen LogP contribution in [0, 0.1) is 0 Å². The molecule has 0 fully saturated rings. The zero-order valence-electron chi connectivity index (χ0n) is 12.4. The fraction of sp³-hybridized carbons (Fsp3) is 0.375. The van der Waals surface area contributed by atoms with E-state index in [4.69, 9.17) is 0 Å². The van der Waals surface area contributed by atoms with Gasteiger partial charge in [0.1, 0.15) is 0 Å². The van der Waals surface area contributed by atoms with Gasteiger partial charge in [-0.15, -0.1) is 0 Å². The number of hydrogen-bond donors (Lipinski definition) is 0. The van der Waals surface area contributed by atoms with Crippen molar-refractivity contribution in [3.05, 3.63) is 54.4 Å². The monoisotopic (exact) mass is 284 g/mol. The first-order valence-electron chi connectivity index (χ1n) is 7.06. The molecular formula is C16H20N4O. The topological polar surface area (TPSA) is 59.0 Å². The second-order valence-corrected chi connectivity index (χ2v) is 5.12. The van der Waals surface area contributed by atoms with Crippen LogP contribution in [0.1, 0.15) is 24.6 Å². The van der Waals surface area contributed by atoms with Gasteiger partial charge >= 0.3 is 0 Å². The maximum atomic E-state index is 12.2. The summed E-state index contributed by atoms with van der Waals surface area (Å²) in [6, 6.07) is 3.98. The van der Waals surface area contributed by atoms with E-state index < -0.39 is 0 Å². The highest BCUT2D eigenvalue weighted by Crippen LogP contribution is 2.08. The molecule has 2 rings (SSSR count). The average molecular weight is 284 g/mol. The van der Waals surface area contributed by atoms with Crippen LogP contribution in [0.4, 0.5) is 0 Å². The molecule has 1 amide bonds. The van der Waals surface area contributed by atoms with Crippen molar-refractivity contribution in [1.29, 1.82) is 0 Å². The van der Waals surface area contributed by atoms with Crippen LogP contribution >= 0.6 is 0 Å².